The van der Waals surface area contributed by atoms with Crippen LogP contribution in [0.25, 0.3) is 0 Å². The molecular formula is C23H30ClN5O4. The van der Waals surface area contributed by atoms with Gasteiger partial charge in [-0.1, -0.05) is 54.6 Å². The van der Waals surface area contributed by atoms with E-state index in [4.69, 9.17) is 16.1 Å². The van der Waals surface area contributed by atoms with E-state index in [2.05, 4.69) is 20.8 Å². The minimum absolute atomic E-state index is 0.106. The second kappa shape index (κ2) is 11.3. The number of nitrogens with one attached hydrogen (secondary N) is 2. The lowest BCUT2D eigenvalue weighted by Crippen LogP contribution is -2.45. The number of rotatable bonds is 8. The van der Waals surface area contributed by atoms with E-state index in [1.54, 1.807) is 31.3 Å². The maximum atomic E-state index is 12.5. The zero-order valence-electron chi connectivity index (χ0n) is 19.0. The molecule has 0 bridgehead atoms. The Balaban J connectivity index is 1.55. The quantitative estimate of drug-likeness (QED) is 0.565. The maximum Gasteiger partial charge on any atom is 0.244 e. The summed E-state index contributed by atoms with van der Waals surface area (Å²) in [5.41, 5.74) is -0.128. The highest BCUT2D eigenvalue weighted by Crippen LogP contribution is 2.34. The number of aromatic nitrogens is 2. The first-order chi connectivity index (χ1) is 15.8. The number of carbonyl (C=O) groups is 3. The molecular weight excluding hydrogens is 446 g/mol. The van der Waals surface area contributed by atoms with E-state index in [9.17, 15) is 14.4 Å². The highest BCUT2D eigenvalue weighted by atomic mass is 35.5. The topological polar surface area (TPSA) is 117 Å². The number of hydrogen-bond donors (Lipinski definition) is 2. The van der Waals surface area contributed by atoms with E-state index in [1.807, 2.05) is 0 Å². The molecule has 1 aromatic heterocycles. The number of halogens is 1. The summed E-state index contributed by atoms with van der Waals surface area (Å²) in [6, 6.07) is 6.90. The summed E-state index contributed by atoms with van der Waals surface area (Å²) in [7, 11) is 1.56. The number of hydrogen-bond acceptors (Lipinski definition) is 6. The van der Waals surface area contributed by atoms with Crippen LogP contribution in [0.3, 0.4) is 0 Å². The molecule has 1 aromatic carbocycles. The number of nitrogens with zero attached hydrogens (tertiary/aromatic N) is 3. The highest BCUT2D eigenvalue weighted by molar-refractivity contribution is 6.33. The fourth-order valence-corrected chi connectivity index (χ4v) is 4.27. The van der Waals surface area contributed by atoms with Gasteiger partial charge in [0.25, 0.3) is 0 Å². The van der Waals surface area contributed by atoms with E-state index >= 15 is 0 Å². The van der Waals surface area contributed by atoms with E-state index in [-0.39, 0.29) is 37.1 Å². The minimum atomic E-state index is -0.623. The first-order valence-electron chi connectivity index (χ1n) is 11.2. The lowest BCUT2D eigenvalue weighted by molar-refractivity contribution is -0.133. The van der Waals surface area contributed by atoms with Gasteiger partial charge in [0.1, 0.15) is 5.54 Å². The van der Waals surface area contributed by atoms with Crippen molar-refractivity contribution in [3.8, 4) is 0 Å². The number of anilines is 1. The van der Waals surface area contributed by atoms with E-state index in [0.717, 1.165) is 38.5 Å². The SMILES string of the molecule is CC(=O)NC1(c2noc(CCC(=O)N(C)CC(=O)Nc3ccccc3Cl)n2)CCCCCC1. The van der Waals surface area contributed by atoms with Gasteiger partial charge in [0.05, 0.1) is 17.3 Å². The summed E-state index contributed by atoms with van der Waals surface area (Å²) in [5.74, 6) is 0.102. The molecule has 2 N–H and O–H groups in total. The Morgan fingerprint density at radius 2 is 1.85 bits per heavy atom. The van der Waals surface area contributed by atoms with Gasteiger partial charge in [-0.05, 0) is 25.0 Å². The molecule has 1 aliphatic rings. The molecule has 0 unspecified atom stereocenters. The number of carbonyl (C=O) groups excluding carboxylic acids is 3. The van der Waals surface area contributed by atoms with E-state index in [0.29, 0.717) is 22.4 Å². The number of para-hydroxylation sites is 1. The minimum Gasteiger partial charge on any atom is -0.343 e. The summed E-state index contributed by atoms with van der Waals surface area (Å²) >= 11 is 6.05. The summed E-state index contributed by atoms with van der Waals surface area (Å²) < 4.78 is 5.39. The highest BCUT2D eigenvalue weighted by Gasteiger charge is 2.38. The van der Waals surface area contributed by atoms with Crippen molar-refractivity contribution in [1.29, 1.82) is 0 Å². The first-order valence-corrected chi connectivity index (χ1v) is 11.6. The fourth-order valence-electron chi connectivity index (χ4n) is 4.08. The summed E-state index contributed by atoms with van der Waals surface area (Å²) in [4.78, 5) is 42.4. The normalized spacial score (nSPS) is 15.4. The van der Waals surface area contributed by atoms with Crippen LogP contribution in [0.2, 0.25) is 5.02 Å². The Hall–Kier alpha value is -2.94. The van der Waals surface area contributed by atoms with E-state index < -0.39 is 5.54 Å². The molecule has 33 heavy (non-hydrogen) atoms. The average Bonchev–Trinajstić information content (AvgIpc) is 3.13. The largest absolute Gasteiger partial charge is 0.343 e. The smallest absolute Gasteiger partial charge is 0.244 e. The monoisotopic (exact) mass is 475 g/mol. The summed E-state index contributed by atoms with van der Waals surface area (Å²) in [6.45, 7) is 1.38. The summed E-state index contributed by atoms with van der Waals surface area (Å²) in [6.07, 6.45) is 6.05. The second-order valence-corrected chi connectivity index (χ2v) is 8.87. The van der Waals surface area contributed by atoms with Gasteiger partial charge >= 0.3 is 0 Å². The third-order valence-corrected chi connectivity index (χ3v) is 6.11. The molecule has 9 nitrogen and oxygen atoms in total. The Kier molecular flexibility index (Phi) is 8.43. The molecule has 0 radical (unpaired) electrons. The van der Waals surface area contributed by atoms with Gasteiger partial charge in [0.2, 0.25) is 23.6 Å². The van der Waals surface area contributed by atoms with Gasteiger partial charge in [-0.3, -0.25) is 14.4 Å². The van der Waals surface area contributed by atoms with Crippen LogP contribution < -0.4 is 10.6 Å². The van der Waals surface area contributed by atoms with Crippen LogP contribution in [0, 0.1) is 0 Å². The van der Waals surface area contributed by atoms with Crippen LogP contribution in [0.15, 0.2) is 28.8 Å². The van der Waals surface area contributed by atoms with Crippen molar-refractivity contribution in [3.63, 3.8) is 0 Å². The zero-order chi connectivity index (χ0) is 23.8. The molecule has 0 spiro atoms. The summed E-state index contributed by atoms with van der Waals surface area (Å²) in [5, 5.41) is 10.3. The molecule has 1 aliphatic carbocycles. The van der Waals surface area contributed by atoms with Gasteiger partial charge in [0.15, 0.2) is 5.82 Å². The molecule has 0 atom stereocenters. The van der Waals surface area contributed by atoms with Crippen LogP contribution >= 0.6 is 11.6 Å². The molecule has 1 fully saturated rings. The predicted octanol–water partition coefficient (Wildman–Crippen LogP) is 3.44. The van der Waals surface area contributed by atoms with Crippen molar-refractivity contribution in [2.45, 2.75) is 63.8 Å². The van der Waals surface area contributed by atoms with Crippen LogP contribution in [0.4, 0.5) is 5.69 Å². The van der Waals surface area contributed by atoms with Crippen molar-refractivity contribution in [3.05, 3.63) is 41.0 Å². The van der Waals surface area contributed by atoms with Gasteiger partial charge in [-0.2, -0.15) is 4.98 Å². The van der Waals surface area contributed by atoms with Crippen molar-refractivity contribution in [2.75, 3.05) is 18.9 Å². The number of amides is 3. The lowest BCUT2D eigenvalue weighted by Gasteiger charge is -2.30. The van der Waals surface area contributed by atoms with Crippen molar-refractivity contribution in [2.24, 2.45) is 0 Å². The van der Waals surface area contributed by atoms with Gasteiger partial charge < -0.3 is 20.1 Å². The Labute approximate surface area is 198 Å². The standard InChI is InChI=1S/C23H30ClN5O4/c1-16(30)27-23(13-7-3-4-8-14-23)22-26-20(33-28-22)11-12-21(32)29(2)15-19(31)25-18-10-6-5-9-17(18)24/h5-6,9-10H,3-4,7-8,11-15H2,1-2H3,(H,25,31)(H,27,30). The van der Waals surface area contributed by atoms with Crippen LogP contribution in [0.1, 0.15) is 63.6 Å². The molecule has 1 saturated carbocycles. The molecule has 3 rings (SSSR count). The van der Waals surface area contributed by atoms with Crippen LogP contribution in [0.5, 0.6) is 0 Å². The molecule has 10 heteroatoms. The Morgan fingerprint density at radius 1 is 1.15 bits per heavy atom. The Bertz CT molecular complexity index is 985. The third kappa shape index (κ3) is 6.77. The van der Waals surface area contributed by atoms with Crippen molar-refractivity contribution < 1.29 is 18.9 Å². The van der Waals surface area contributed by atoms with E-state index in [1.165, 1.54) is 11.8 Å². The molecule has 0 saturated heterocycles. The molecule has 178 valence electrons. The molecule has 2 aromatic rings. The van der Waals surface area contributed by atoms with Gasteiger partial charge in [-0.15, -0.1) is 0 Å². The Morgan fingerprint density at radius 3 is 2.52 bits per heavy atom. The van der Waals surface area contributed by atoms with Crippen molar-refractivity contribution >= 4 is 35.0 Å². The third-order valence-electron chi connectivity index (χ3n) is 5.78. The fraction of sp³-hybridized carbons (Fsp3) is 0.522. The van der Waals surface area contributed by atoms with Crippen molar-refractivity contribution in [1.82, 2.24) is 20.4 Å². The maximum absolute atomic E-state index is 12.5. The van der Waals surface area contributed by atoms with Gasteiger partial charge in [0, 0.05) is 26.8 Å². The number of benzene rings is 1. The zero-order valence-corrected chi connectivity index (χ0v) is 19.8. The van der Waals surface area contributed by atoms with Gasteiger partial charge in [-0.25, -0.2) is 0 Å². The van der Waals surface area contributed by atoms with Crippen LogP contribution in [-0.2, 0) is 26.3 Å². The van der Waals surface area contributed by atoms with Crippen LogP contribution in [-0.4, -0.2) is 46.4 Å². The molecule has 1 heterocycles. The molecule has 3 amide bonds. The first kappa shape index (κ1) is 24.7. The molecule has 0 aliphatic heterocycles. The predicted molar refractivity (Wildman–Crippen MR) is 124 cm³/mol. The second-order valence-electron chi connectivity index (χ2n) is 8.47. The average molecular weight is 476 g/mol. The lowest BCUT2D eigenvalue weighted by atomic mass is 9.89. The number of likely N-dealkylation sites (N-methyl/N-ethyl adjacent to an activating group) is 1. The number of aryl methyl sites for hydroxylation is 1.